The number of hydrogen-bond acceptors (Lipinski definition) is 2. The first-order valence-electron chi connectivity index (χ1n) is 6.44. The Balaban J connectivity index is 1.90. The average molecular weight is 249 g/mol. The lowest BCUT2D eigenvalue weighted by Gasteiger charge is -2.20. The average Bonchev–Trinajstić information content (AvgIpc) is 2.95. The molecule has 2 rings (SSSR count). The van der Waals surface area contributed by atoms with Crippen molar-refractivity contribution < 1.29 is 14.7 Å². The van der Waals surface area contributed by atoms with Crippen LogP contribution >= 0.6 is 0 Å². The fraction of sp³-hybridized carbons (Fsp3) is 0.571. The Hall–Kier alpha value is -1.58. The van der Waals surface area contributed by atoms with Crippen LogP contribution in [0.5, 0.6) is 0 Å². The minimum absolute atomic E-state index is 0.0365. The molecular formula is C14H19NO3. The van der Waals surface area contributed by atoms with Gasteiger partial charge in [-0.15, -0.1) is 6.58 Å². The molecular weight excluding hydrogens is 230 g/mol. The molecule has 2 aliphatic rings. The molecule has 1 fully saturated rings. The first-order chi connectivity index (χ1) is 8.61. The van der Waals surface area contributed by atoms with Gasteiger partial charge in [0.05, 0.1) is 0 Å². The summed E-state index contributed by atoms with van der Waals surface area (Å²) < 4.78 is 0. The molecule has 2 N–H and O–H groups in total. The highest BCUT2D eigenvalue weighted by Crippen LogP contribution is 2.43. The Bertz CT molecular complexity index is 389. The SMILES string of the molecule is C=CCCC(NC(=O)C1CC2C=CC1C2)C(=O)O. The lowest BCUT2D eigenvalue weighted by atomic mass is 9.92. The lowest BCUT2D eigenvalue weighted by molar-refractivity contribution is -0.142. The van der Waals surface area contributed by atoms with E-state index in [2.05, 4.69) is 24.0 Å². The third kappa shape index (κ3) is 2.63. The van der Waals surface area contributed by atoms with E-state index in [9.17, 15) is 9.59 Å². The number of carbonyl (C=O) groups excluding carboxylic acids is 1. The third-order valence-corrected chi connectivity index (χ3v) is 3.89. The van der Waals surface area contributed by atoms with Gasteiger partial charge in [0.15, 0.2) is 0 Å². The van der Waals surface area contributed by atoms with E-state index in [-0.39, 0.29) is 11.8 Å². The molecule has 0 heterocycles. The molecule has 18 heavy (non-hydrogen) atoms. The third-order valence-electron chi connectivity index (χ3n) is 3.89. The Morgan fingerprint density at radius 3 is 2.72 bits per heavy atom. The van der Waals surface area contributed by atoms with Crippen molar-refractivity contribution in [1.82, 2.24) is 5.32 Å². The van der Waals surface area contributed by atoms with E-state index in [1.54, 1.807) is 6.08 Å². The zero-order valence-electron chi connectivity index (χ0n) is 10.3. The molecule has 0 aromatic rings. The second-order valence-corrected chi connectivity index (χ2v) is 5.15. The van der Waals surface area contributed by atoms with Crippen LogP contribution < -0.4 is 5.32 Å². The fourth-order valence-corrected chi connectivity index (χ4v) is 2.90. The molecule has 0 spiro atoms. The van der Waals surface area contributed by atoms with E-state index >= 15 is 0 Å². The number of hydrogen-bond donors (Lipinski definition) is 2. The number of rotatable bonds is 6. The molecule has 98 valence electrons. The van der Waals surface area contributed by atoms with Crippen molar-refractivity contribution in [3.8, 4) is 0 Å². The summed E-state index contributed by atoms with van der Waals surface area (Å²) in [5.74, 6) is -0.288. The van der Waals surface area contributed by atoms with Crippen molar-refractivity contribution in [2.45, 2.75) is 31.7 Å². The van der Waals surface area contributed by atoms with Crippen LogP contribution in [0.3, 0.4) is 0 Å². The number of allylic oxidation sites excluding steroid dienone is 3. The Morgan fingerprint density at radius 2 is 2.22 bits per heavy atom. The standard InChI is InChI=1S/C14H19NO3/c1-2-3-4-12(14(17)18)15-13(16)11-8-9-5-6-10(11)7-9/h2,5-6,9-12H,1,3-4,7-8H2,(H,15,16)(H,17,18). The number of fused-ring (bicyclic) bond motifs is 2. The van der Waals surface area contributed by atoms with Crippen LogP contribution in [0.4, 0.5) is 0 Å². The molecule has 0 aliphatic heterocycles. The molecule has 4 heteroatoms. The zero-order valence-corrected chi connectivity index (χ0v) is 10.3. The van der Waals surface area contributed by atoms with Crippen LogP contribution in [0.25, 0.3) is 0 Å². The van der Waals surface area contributed by atoms with Crippen LogP contribution in [-0.4, -0.2) is 23.0 Å². The molecule has 1 amide bonds. The quantitative estimate of drug-likeness (QED) is 0.704. The van der Waals surface area contributed by atoms with Gasteiger partial charge in [0.25, 0.3) is 0 Å². The van der Waals surface area contributed by atoms with Crippen molar-refractivity contribution in [3.63, 3.8) is 0 Å². The Morgan fingerprint density at radius 1 is 1.44 bits per heavy atom. The van der Waals surface area contributed by atoms with Gasteiger partial charge in [0.2, 0.25) is 5.91 Å². The molecule has 1 saturated carbocycles. The highest BCUT2D eigenvalue weighted by molar-refractivity contribution is 5.85. The normalized spacial score (nSPS) is 30.1. The van der Waals surface area contributed by atoms with E-state index in [1.807, 2.05) is 0 Å². The van der Waals surface area contributed by atoms with Gasteiger partial charge >= 0.3 is 5.97 Å². The van der Waals surface area contributed by atoms with Crippen LogP contribution in [0, 0.1) is 17.8 Å². The Labute approximate surface area is 107 Å². The van der Waals surface area contributed by atoms with Crippen LogP contribution in [0.1, 0.15) is 25.7 Å². The highest BCUT2D eigenvalue weighted by Gasteiger charge is 2.40. The Kier molecular flexibility index (Phi) is 3.84. The van der Waals surface area contributed by atoms with Crippen molar-refractivity contribution in [1.29, 1.82) is 0 Å². The topological polar surface area (TPSA) is 66.4 Å². The molecule has 2 aliphatic carbocycles. The zero-order chi connectivity index (χ0) is 13.1. The molecule has 4 unspecified atom stereocenters. The van der Waals surface area contributed by atoms with Crippen molar-refractivity contribution in [3.05, 3.63) is 24.8 Å². The highest BCUT2D eigenvalue weighted by atomic mass is 16.4. The molecule has 0 saturated heterocycles. The smallest absolute Gasteiger partial charge is 0.326 e. The van der Waals surface area contributed by atoms with E-state index in [1.165, 1.54) is 0 Å². The van der Waals surface area contributed by atoms with Crippen molar-refractivity contribution in [2.24, 2.45) is 17.8 Å². The van der Waals surface area contributed by atoms with E-state index in [0.29, 0.717) is 24.7 Å². The van der Waals surface area contributed by atoms with E-state index in [4.69, 9.17) is 5.11 Å². The number of amides is 1. The largest absolute Gasteiger partial charge is 0.480 e. The first kappa shape index (κ1) is 12.9. The molecule has 0 radical (unpaired) electrons. The summed E-state index contributed by atoms with van der Waals surface area (Å²) in [6, 6.07) is -0.793. The van der Waals surface area contributed by atoms with Gasteiger partial charge in [0, 0.05) is 5.92 Å². The number of carbonyl (C=O) groups is 2. The van der Waals surface area contributed by atoms with Crippen molar-refractivity contribution >= 4 is 11.9 Å². The van der Waals surface area contributed by atoms with Gasteiger partial charge in [-0.1, -0.05) is 18.2 Å². The van der Waals surface area contributed by atoms with Crippen molar-refractivity contribution in [2.75, 3.05) is 0 Å². The van der Waals surface area contributed by atoms with Crippen LogP contribution in [0.2, 0.25) is 0 Å². The van der Waals surface area contributed by atoms with Gasteiger partial charge in [-0.3, -0.25) is 4.79 Å². The molecule has 0 aromatic heterocycles. The maximum absolute atomic E-state index is 12.1. The summed E-state index contributed by atoms with van der Waals surface area (Å²) in [7, 11) is 0. The second-order valence-electron chi connectivity index (χ2n) is 5.15. The molecule has 4 atom stereocenters. The fourth-order valence-electron chi connectivity index (χ4n) is 2.90. The number of carboxylic acid groups (broad SMARTS) is 1. The summed E-state index contributed by atoms with van der Waals surface area (Å²) in [6.45, 7) is 3.56. The number of nitrogens with one attached hydrogen (secondary N) is 1. The molecule has 2 bridgehead atoms. The number of carboxylic acids is 1. The summed E-state index contributed by atoms with van der Waals surface area (Å²) >= 11 is 0. The maximum Gasteiger partial charge on any atom is 0.326 e. The van der Waals surface area contributed by atoms with E-state index < -0.39 is 12.0 Å². The van der Waals surface area contributed by atoms with Gasteiger partial charge in [-0.2, -0.15) is 0 Å². The predicted molar refractivity (Wildman–Crippen MR) is 67.8 cm³/mol. The number of aliphatic carboxylic acids is 1. The van der Waals surface area contributed by atoms with Gasteiger partial charge in [-0.05, 0) is 37.5 Å². The van der Waals surface area contributed by atoms with E-state index in [0.717, 1.165) is 12.8 Å². The minimum atomic E-state index is -0.969. The summed E-state index contributed by atoms with van der Waals surface area (Å²) in [6.07, 6.45) is 8.83. The first-order valence-corrected chi connectivity index (χ1v) is 6.44. The second kappa shape index (κ2) is 5.38. The maximum atomic E-state index is 12.1. The van der Waals surface area contributed by atoms with Gasteiger partial charge < -0.3 is 10.4 Å². The summed E-state index contributed by atoms with van der Waals surface area (Å²) in [5.41, 5.74) is 0. The van der Waals surface area contributed by atoms with Gasteiger partial charge in [0.1, 0.15) is 6.04 Å². The summed E-state index contributed by atoms with van der Waals surface area (Å²) in [5, 5.41) is 11.7. The summed E-state index contributed by atoms with van der Waals surface area (Å²) in [4.78, 5) is 23.1. The lowest BCUT2D eigenvalue weighted by Crippen LogP contribution is -2.44. The minimum Gasteiger partial charge on any atom is -0.480 e. The molecule has 4 nitrogen and oxygen atoms in total. The molecule has 0 aromatic carbocycles. The predicted octanol–water partition coefficient (Wildman–Crippen LogP) is 1.73. The van der Waals surface area contributed by atoms with Crippen LogP contribution in [-0.2, 0) is 9.59 Å². The van der Waals surface area contributed by atoms with Gasteiger partial charge in [-0.25, -0.2) is 4.79 Å². The van der Waals surface area contributed by atoms with Crippen LogP contribution in [0.15, 0.2) is 24.8 Å². The monoisotopic (exact) mass is 249 g/mol.